The number of benzene rings is 2. The fourth-order valence-corrected chi connectivity index (χ4v) is 3.88. The van der Waals surface area contributed by atoms with E-state index in [-0.39, 0.29) is 12.0 Å². The number of aromatic nitrogens is 1. The number of aryl methyl sites for hydroxylation is 2. The van der Waals surface area contributed by atoms with E-state index in [0.29, 0.717) is 29.4 Å². The maximum atomic E-state index is 12.3. The molecule has 2 aromatic heterocycles. The summed E-state index contributed by atoms with van der Waals surface area (Å²) in [4.78, 5) is 28.6. The zero-order chi connectivity index (χ0) is 20.5. The molecular weight excluding hydrogens is 382 g/mol. The van der Waals surface area contributed by atoms with Crippen LogP contribution in [0.4, 0.5) is 0 Å². The molecule has 2 aromatic carbocycles. The van der Waals surface area contributed by atoms with Crippen LogP contribution in [-0.2, 0) is 24.1 Å². The van der Waals surface area contributed by atoms with E-state index in [1.165, 1.54) is 0 Å². The van der Waals surface area contributed by atoms with E-state index in [1.807, 2.05) is 36.4 Å². The summed E-state index contributed by atoms with van der Waals surface area (Å²) in [6, 6.07) is 14.8. The van der Waals surface area contributed by atoms with Gasteiger partial charge in [-0.3, -0.25) is 4.79 Å². The molecule has 0 aliphatic heterocycles. The van der Waals surface area contributed by atoms with Gasteiger partial charge in [0.15, 0.2) is 11.7 Å². The summed E-state index contributed by atoms with van der Waals surface area (Å²) in [5, 5.41) is 0.912. The van der Waals surface area contributed by atoms with Crippen molar-refractivity contribution in [1.29, 1.82) is 0 Å². The summed E-state index contributed by atoms with van der Waals surface area (Å²) in [5.74, 6) is 1.09. The molecular formula is C24H19NO5. The lowest BCUT2D eigenvalue weighted by molar-refractivity contribution is -0.134. The molecule has 0 atom stereocenters. The van der Waals surface area contributed by atoms with Crippen molar-refractivity contribution in [3.8, 4) is 17.1 Å². The van der Waals surface area contributed by atoms with Crippen LogP contribution in [0.5, 0.6) is 5.75 Å². The molecule has 0 amide bonds. The average Bonchev–Trinajstić information content (AvgIpc) is 3.43. The molecule has 150 valence electrons. The number of hydrogen-bond acceptors (Lipinski definition) is 6. The van der Waals surface area contributed by atoms with Crippen LogP contribution in [-0.4, -0.2) is 11.0 Å². The molecule has 6 nitrogen and oxygen atoms in total. The predicted molar refractivity (Wildman–Crippen MR) is 110 cm³/mol. The number of carbonyl (C=O) groups excluding carboxylic acids is 1. The first kappa shape index (κ1) is 18.4. The quantitative estimate of drug-likeness (QED) is 0.279. The summed E-state index contributed by atoms with van der Waals surface area (Å²) in [6.45, 7) is 0. The van der Waals surface area contributed by atoms with Crippen LogP contribution in [0.1, 0.15) is 29.9 Å². The Morgan fingerprint density at radius 1 is 1.03 bits per heavy atom. The Bertz CT molecular complexity index is 1290. The largest absolute Gasteiger partial charge is 0.441 e. The number of carbonyl (C=O) groups is 1. The number of esters is 1. The minimum absolute atomic E-state index is 0.126. The van der Waals surface area contributed by atoms with Crippen LogP contribution in [0.15, 0.2) is 68.4 Å². The Labute approximate surface area is 172 Å². The van der Waals surface area contributed by atoms with Crippen LogP contribution in [0.3, 0.4) is 0 Å². The second kappa shape index (κ2) is 7.63. The third-order valence-corrected chi connectivity index (χ3v) is 5.33. The normalized spacial score (nSPS) is 12.8. The Morgan fingerprint density at radius 3 is 2.73 bits per heavy atom. The monoisotopic (exact) mass is 401 g/mol. The molecule has 1 aliphatic rings. The first-order valence-corrected chi connectivity index (χ1v) is 9.97. The van der Waals surface area contributed by atoms with Gasteiger partial charge in [-0.1, -0.05) is 30.3 Å². The van der Waals surface area contributed by atoms with Crippen molar-refractivity contribution in [1.82, 2.24) is 4.98 Å². The van der Waals surface area contributed by atoms with Gasteiger partial charge in [-0.15, -0.1) is 0 Å². The highest BCUT2D eigenvalue weighted by Gasteiger charge is 2.20. The zero-order valence-corrected chi connectivity index (χ0v) is 16.2. The molecule has 0 unspecified atom stereocenters. The summed E-state index contributed by atoms with van der Waals surface area (Å²) in [5.41, 5.74) is 2.91. The molecule has 0 N–H and O–H groups in total. The molecule has 30 heavy (non-hydrogen) atoms. The van der Waals surface area contributed by atoms with Gasteiger partial charge in [0.2, 0.25) is 0 Å². The van der Waals surface area contributed by atoms with E-state index in [1.54, 1.807) is 18.3 Å². The van der Waals surface area contributed by atoms with Crippen molar-refractivity contribution in [3.05, 3.63) is 82.2 Å². The third kappa shape index (κ3) is 3.52. The van der Waals surface area contributed by atoms with E-state index in [9.17, 15) is 9.59 Å². The maximum Gasteiger partial charge on any atom is 0.339 e. The lowest BCUT2D eigenvalue weighted by Crippen LogP contribution is -2.10. The van der Waals surface area contributed by atoms with E-state index in [0.717, 1.165) is 41.3 Å². The molecule has 2 heterocycles. The van der Waals surface area contributed by atoms with Gasteiger partial charge in [0, 0.05) is 29.0 Å². The standard InChI is InChI=1S/C24H19NO5/c26-23(12-11-22-25-14-21(29-22)15-5-2-1-3-6-15)28-16-9-10-18-17-7-4-8-19(17)24(27)30-20(18)13-16/h1-3,5-6,9-10,13-14H,4,7-8,11-12H2. The average molecular weight is 401 g/mol. The third-order valence-electron chi connectivity index (χ3n) is 5.33. The number of fused-ring (bicyclic) bond motifs is 3. The van der Waals surface area contributed by atoms with Crippen LogP contribution < -0.4 is 10.4 Å². The van der Waals surface area contributed by atoms with Crippen LogP contribution >= 0.6 is 0 Å². The number of oxazole rings is 1. The van der Waals surface area contributed by atoms with Crippen molar-refractivity contribution in [3.63, 3.8) is 0 Å². The summed E-state index contributed by atoms with van der Waals surface area (Å²) >= 11 is 0. The molecule has 0 fully saturated rings. The van der Waals surface area contributed by atoms with Crippen molar-refractivity contribution in [2.24, 2.45) is 0 Å². The van der Waals surface area contributed by atoms with Crippen molar-refractivity contribution in [2.75, 3.05) is 0 Å². The second-order valence-electron chi connectivity index (χ2n) is 7.32. The Hall–Kier alpha value is -3.67. The van der Waals surface area contributed by atoms with Crippen LogP contribution in [0, 0.1) is 0 Å². The zero-order valence-electron chi connectivity index (χ0n) is 16.2. The number of nitrogens with zero attached hydrogens (tertiary/aromatic N) is 1. The number of rotatable bonds is 5. The van der Waals surface area contributed by atoms with Gasteiger partial charge in [0.25, 0.3) is 0 Å². The fraction of sp³-hybridized carbons (Fsp3) is 0.208. The molecule has 0 spiro atoms. The van der Waals surface area contributed by atoms with Gasteiger partial charge in [-0.25, -0.2) is 9.78 Å². The highest BCUT2D eigenvalue weighted by molar-refractivity contribution is 5.84. The summed E-state index contributed by atoms with van der Waals surface area (Å²) < 4.78 is 16.6. The Balaban J connectivity index is 1.26. The fourth-order valence-electron chi connectivity index (χ4n) is 3.88. The molecule has 0 saturated carbocycles. The second-order valence-corrected chi connectivity index (χ2v) is 7.32. The van der Waals surface area contributed by atoms with Gasteiger partial charge >= 0.3 is 11.6 Å². The van der Waals surface area contributed by atoms with Gasteiger partial charge in [0.1, 0.15) is 11.3 Å². The van der Waals surface area contributed by atoms with E-state index < -0.39 is 5.97 Å². The molecule has 6 heteroatoms. The molecule has 4 aromatic rings. The van der Waals surface area contributed by atoms with Gasteiger partial charge in [-0.2, -0.15) is 0 Å². The predicted octanol–water partition coefficient (Wildman–Crippen LogP) is 4.47. The SMILES string of the molecule is O=C(CCc1ncc(-c2ccccc2)o1)Oc1ccc2c3c(c(=O)oc2c1)CCC3. The minimum Gasteiger partial charge on any atom is -0.441 e. The number of hydrogen-bond donors (Lipinski definition) is 0. The minimum atomic E-state index is -0.405. The molecule has 5 rings (SSSR count). The van der Waals surface area contributed by atoms with Crippen LogP contribution in [0.2, 0.25) is 0 Å². The van der Waals surface area contributed by atoms with Crippen molar-refractivity contribution < 1.29 is 18.4 Å². The van der Waals surface area contributed by atoms with Crippen molar-refractivity contribution in [2.45, 2.75) is 32.1 Å². The summed E-state index contributed by atoms with van der Waals surface area (Å²) in [6.07, 6.45) is 4.71. The van der Waals surface area contributed by atoms with Gasteiger partial charge in [-0.05, 0) is 37.0 Å². The summed E-state index contributed by atoms with van der Waals surface area (Å²) in [7, 11) is 0. The lowest BCUT2D eigenvalue weighted by Gasteiger charge is -2.07. The first-order valence-electron chi connectivity index (χ1n) is 9.97. The Kier molecular flexibility index (Phi) is 4.67. The molecule has 0 bridgehead atoms. The van der Waals surface area contributed by atoms with Crippen LogP contribution in [0.25, 0.3) is 22.3 Å². The maximum absolute atomic E-state index is 12.3. The van der Waals surface area contributed by atoms with Crippen molar-refractivity contribution >= 4 is 16.9 Å². The smallest absolute Gasteiger partial charge is 0.339 e. The lowest BCUT2D eigenvalue weighted by atomic mass is 10.1. The topological polar surface area (TPSA) is 82.5 Å². The molecule has 0 radical (unpaired) electrons. The Morgan fingerprint density at radius 2 is 1.87 bits per heavy atom. The highest BCUT2D eigenvalue weighted by Crippen LogP contribution is 2.29. The van der Waals surface area contributed by atoms with E-state index >= 15 is 0 Å². The van der Waals surface area contributed by atoms with E-state index in [4.69, 9.17) is 13.6 Å². The number of ether oxygens (including phenoxy) is 1. The van der Waals surface area contributed by atoms with Gasteiger partial charge in [0.05, 0.1) is 12.6 Å². The molecule has 1 aliphatic carbocycles. The van der Waals surface area contributed by atoms with Gasteiger partial charge < -0.3 is 13.6 Å². The van der Waals surface area contributed by atoms with E-state index in [2.05, 4.69) is 4.98 Å². The highest BCUT2D eigenvalue weighted by atomic mass is 16.5. The first-order chi connectivity index (χ1) is 14.7. The molecule has 0 saturated heterocycles.